The molecule has 0 rings (SSSR count). The summed E-state index contributed by atoms with van der Waals surface area (Å²) in [6, 6.07) is 0. The zero-order chi connectivity index (χ0) is 39.7. The topological polar surface area (TPSA) is 78.9 Å². The van der Waals surface area contributed by atoms with Gasteiger partial charge in [0.25, 0.3) is 0 Å². The number of carbonyl (C=O) groups is 3. The first-order valence-electron chi connectivity index (χ1n) is 23.7. The first kappa shape index (κ1) is 52.4. The average molecular weight is 765 g/mol. The first-order valence-corrected chi connectivity index (χ1v) is 23.7. The van der Waals surface area contributed by atoms with Crippen LogP contribution in [-0.4, -0.2) is 37.2 Å². The maximum absolute atomic E-state index is 12.7. The Bertz CT molecular complexity index is 824. The Morgan fingerprint density at radius 1 is 0.352 bits per heavy atom. The van der Waals surface area contributed by atoms with E-state index in [0.29, 0.717) is 19.3 Å². The summed E-state index contributed by atoms with van der Waals surface area (Å²) in [6.45, 7) is 11.3. The summed E-state index contributed by atoms with van der Waals surface area (Å²) in [5.41, 5.74) is 0. The first-order chi connectivity index (χ1) is 26.2. The van der Waals surface area contributed by atoms with Crippen LogP contribution in [0.2, 0.25) is 0 Å². The molecule has 0 aromatic rings. The summed E-state index contributed by atoms with van der Waals surface area (Å²) in [5.74, 6) is 0.720. The van der Waals surface area contributed by atoms with Gasteiger partial charge in [0.05, 0.1) is 0 Å². The van der Waals surface area contributed by atoms with Crippen molar-refractivity contribution < 1.29 is 28.6 Å². The minimum Gasteiger partial charge on any atom is -0.462 e. The Balaban J connectivity index is 4.31. The van der Waals surface area contributed by atoms with Gasteiger partial charge in [0, 0.05) is 19.3 Å². The van der Waals surface area contributed by atoms with Crippen molar-refractivity contribution in [1.29, 1.82) is 0 Å². The van der Waals surface area contributed by atoms with E-state index in [2.05, 4.69) is 34.6 Å². The zero-order valence-corrected chi connectivity index (χ0v) is 36.8. The maximum atomic E-state index is 12.7. The van der Waals surface area contributed by atoms with Gasteiger partial charge in [0.2, 0.25) is 0 Å². The molecule has 320 valence electrons. The summed E-state index contributed by atoms with van der Waals surface area (Å²) >= 11 is 0. The second-order valence-corrected chi connectivity index (χ2v) is 17.3. The standard InChI is InChI=1S/C48H92O6/c1-6-7-8-9-10-11-12-13-14-15-19-22-28-33-38-46(49)52-41-45(42-53-47(50)39-34-29-25-24-27-32-37-44(4)5)54-48(51)40-35-30-23-20-17-16-18-21-26-31-36-43(2)3/h43-45H,6-42H2,1-5H3/t45-/m0/s1. The highest BCUT2D eigenvalue weighted by atomic mass is 16.6. The smallest absolute Gasteiger partial charge is 0.306 e. The minimum absolute atomic E-state index is 0.0652. The van der Waals surface area contributed by atoms with Gasteiger partial charge in [-0.05, 0) is 31.1 Å². The lowest BCUT2D eigenvalue weighted by Crippen LogP contribution is -2.30. The van der Waals surface area contributed by atoms with Crippen LogP contribution in [0.3, 0.4) is 0 Å². The molecule has 0 aliphatic rings. The molecule has 0 saturated carbocycles. The fourth-order valence-electron chi connectivity index (χ4n) is 7.11. The van der Waals surface area contributed by atoms with Gasteiger partial charge in [-0.2, -0.15) is 0 Å². The molecule has 0 N–H and O–H groups in total. The summed E-state index contributed by atoms with van der Waals surface area (Å²) in [4.78, 5) is 37.7. The van der Waals surface area contributed by atoms with E-state index in [-0.39, 0.29) is 31.1 Å². The number of esters is 3. The Kier molecular flexibility index (Phi) is 39.8. The molecule has 0 saturated heterocycles. The van der Waals surface area contributed by atoms with Crippen molar-refractivity contribution >= 4 is 17.9 Å². The zero-order valence-electron chi connectivity index (χ0n) is 36.8. The quantitative estimate of drug-likeness (QED) is 0.0350. The minimum atomic E-state index is -0.761. The molecule has 0 radical (unpaired) electrons. The van der Waals surface area contributed by atoms with Crippen LogP contribution >= 0.6 is 0 Å². The van der Waals surface area contributed by atoms with E-state index in [4.69, 9.17) is 14.2 Å². The number of ether oxygens (including phenoxy) is 3. The van der Waals surface area contributed by atoms with E-state index in [1.54, 1.807) is 0 Å². The van der Waals surface area contributed by atoms with Crippen molar-refractivity contribution in [2.75, 3.05) is 13.2 Å². The lowest BCUT2D eigenvalue weighted by atomic mass is 10.0. The Hall–Kier alpha value is -1.59. The molecule has 54 heavy (non-hydrogen) atoms. The fourth-order valence-corrected chi connectivity index (χ4v) is 7.11. The fraction of sp³-hybridized carbons (Fsp3) is 0.938. The van der Waals surface area contributed by atoms with Crippen molar-refractivity contribution in [2.45, 2.75) is 265 Å². The summed E-state index contributed by atoms with van der Waals surface area (Å²) in [5, 5.41) is 0. The van der Waals surface area contributed by atoms with Gasteiger partial charge >= 0.3 is 17.9 Å². The van der Waals surface area contributed by atoms with Crippen molar-refractivity contribution in [3.05, 3.63) is 0 Å². The highest BCUT2D eigenvalue weighted by molar-refractivity contribution is 5.71. The lowest BCUT2D eigenvalue weighted by molar-refractivity contribution is -0.167. The largest absolute Gasteiger partial charge is 0.462 e. The lowest BCUT2D eigenvalue weighted by Gasteiger charge is -2.18. The SMILES string of the molecule is CCCCCCCCCCCCCCCCC(=O)OC[C@@H](COC(=O)CCCCCCCCC(C)C)OC(=O)CCCCCCCCCCCCC(C)C. The molecule has 0 aliphatic carbocycles. The van der Waals surface area contributed by atoms with Gasteiger partial charge < -0.3 is 14.2 Å². The third-order valence-electron chi connectivity index (χ3n) is 10.7. The van der Waals surface area contributed by atoms with Gasteiger partial charge in [-0.15, -0.1) is 0 Å². The summed E-state index contributed by atoms with van der Waals surface area (Å²) < 4.78 is 16.7. The molecule has 0 heterocycles. The van der Waals surface area contributed by atoms with Gasteiger partial charge in [-0.25, -0.2) is 0 Å². The van der Waals surface area contributed by atoms with E-state index in [9.17, 15) is 14.4 Å². The molecule has 0 aromatic carbocycles. The number of hydrogen-bond acceptors (Lipinski definition) is 6. The Morgan fingerprint density at radius 3 is 0.907 bits per heavy atom. The Labute approximate surface area is 336 Å². The van der Waals surface area contributed by atoms with Crippen molar-refractivity contribution in [3.63, 3.8) is 0 Å². The molecular weight excluding hydrogens is 673 g/mol. The molecule has 6 heteroatoms. The normalized spacial score (nSPS) is 12.1. The molecule has 0 bridgehead atoms. The Morgan fingerprint density at radius 2 is 0.611 bits per heavy atom. The van der Waals surface area contributed by atoms with Crippen LogP contribution in [0.25, 0.3) is 0 Å². The highest BCUT2D eigenvalue weighted by Gasteiger charge is 2.19. The molecule has 6 nitrogen and oxygen atoms in total. The van der Waals surface area contributed by atoms with Crippen molar-refractivity contribution in [1.82, 2.24) is 0 Å². The number of rotatable bonds is 42. The van der Waals surface area contributed by atoms with Crippen LogP contribution in [0.1, 0.15) is 259 Å². The van der Waals surface area contributed by atoms with Crippen LogP contribution in [0.4, 0.5) is 0 Å². The average Bonchev–Trinajstić information content (AvgIpc) is 3.14. The predicted octanol–water partition coefficient (Wildman–Crippen LogP) is 15.0. The van der Waals surface area contributed by atoms with Gasteiger partial charge in [0.1, 0.15) is 13.2 Å². The second kappa shape index (κ2) is 41.1. The highest BCUT2D eigenvalue weighted by Crippen LogP contribution is 2.17. The van der Waals surface area contributed by atoms with E-state index in [1.807, 2.05) is 0 Å². The van der Waals surface area contributed by atoms with E-state index >= 15 is 0 Å². The van der Waals surface area contributed by atoms with E-state index in [1.165, 1.54) is 148 Å². The molecular formula is C48H92O6. The van der Waals surface area contributed by atoms with Crippen LogP contribution in [0.5, 0.6) is 0 Å². The van der Waals surface area contributed by atoms with Crippen molar-refractivity contribution in [2.24, 2.45) is 11.8 Å². The molecule has 0 aromatic heterocycles. The predicted molar refractivity (Wildman–Crippen MR) is 229 cm³/mol. The summed E-state index contributed by atoms with van der Waals surface area (Å²) in [7, 11) is 0. The van der Waals surface area contributed by atoms with Gasteiger partial charge in [0.15, 0.2) is 6.10 Å². The van der Waals surface area contributed by atoms with Gasteiger partial charge in [-0.3, -0.25) is 14.4 Å². The van der Waals surface area contributed by atoms with Crippen LogP contribution in [0, 0.1) is 11.8 Å². The molecule has 0 aliphatic heterocycles. The summed E-state index contributed by atoms with van der Waals surface area (Å²) in [6.07, 6.45) is 39.6. The van der Waals surface area contributed by atoms with E-state index < -0.39 is 6.10 Å². The van der Waals surface area contributed by atoms with Crippen LogP contribution in [-0.2, 0) is 28.6 Å². The maximum Gasteiger partial charge on any atom is 0.306 e. The molecule has 0 spiro atoms. The van der Waals surface area contributed by atoms with Gasteiger partial charge in [-0.1, -0.05) is 221 Å². The molecule has 0 unspecified atom stereocenters. The number of unbranched alkanes of at least 4 members (excludes halogenated alkanes) is 27. The van der Waals surface area contributed by atoms with Crippen LogP contribution in [0.15, 0.2) is 0 Å². The van der Waals surface area contributed by atoms with Crippen LogP contribution < -0.4 is 0 Å². The molecule has 0 fully saturated rings. The third-order valence-corrected chi connectivity index (χ3v) is 10.7. The third kappa shape index (κ3) is 41.6. The molecule has 1 atom stereocenters. The monoisotopic (exact) mass is 765 g/mol. The van der Waals surface area contributed by atoms with Crippen molar-refractivity contribution in [3.8, 4) is 0 Å². The number of carbonyl (C=O) groups excluding carboxylic acids is 3. The van der Waals surface area contributed by atoms with E-state index in [0.717, 1.165) is 69.6 Å². The molecule has 0 amide bonds. The number of hydrogen-bond donors (Lipinski definition) is 0. The second-order valence-electron chi connectivity index (χ2n) is 17.3.